The summed E-state index contributed by atoms with van der Waals surface area (Å²) >= 11 is 0. The van der Waals surface area contributed by atoms with Crippen LogP contribution in [0.25, 0.3) is 16.6 Å². The minimum Gasteiger partial charge on any atom is -0.372 e. The van der Waals surface area contributed by atoms with Crippen LogP contribution in [0.2, 0.25) is 0 Å². The number of aromatic nitrogens is 3. The van der Waals surface area contributed by atoms with Gasteiger partial charge in [0.25, 0.3) is 11.5 Å². The Bertz CT molecular complexity index is 1280. The first-order chi connectivity index (χ1) is 15.1. The molecule has 4 aromatic rings. The molecule has 0 aliphatic heterocycles. The van der Waals surface area contributed by atoms with Gasteiger partial charge >= 0.3 is 0 Å². The SMILES string of the molecule is CCN(CC)c1ccc(CNC(=O)c2ccc3c(c2)n(CC)c(=O)c2ccnn23)cc1. The first-order valence-electron chi connectivity index (χ1n) is 10.7. The second-order valence-electron chi connectivity index (χ2n) is 7.40. The van der Waals surface area contributed by atoms with Crippen LogP contribution in [0.15, 0.2) is 59.5 Å². The molecule has 7 nitrogen and oxygen atoms in total. The van der Waals surface area contributed by atoms with E-state index in [-0.39, 0.29) is 11.5 Å². The topological polar surface area (TPSA) is 71.6 Å². The van der Waals surface area contributed by atoms with Crippen molar-refractivity contribution in [3.63, 3.8) is 0 Å². The van der Waals surface area contributed by atoms with Gasteiger partial charge in [-0.2, -0.15) is 5.10 Å². The first kappa shape index (κ1) is 20.7. The fraction of sp³-hybridized carbons (Fsp3) is 0.292. The molecule has 0 saturated heterocycles. The minimum atomic E-state index is -0.176. The van der Waals surface area contributed by atoms with Gasteiger partial charge in [-0.05, 0) is 62.7 Å². The minimum absolute atomic E-state index is 0.113. The number of fused-ring (bicyclic) bond motifs is 3. The van der Waals surface area contributed by atoms with Crippen molar-refractivity contribution in [2.45, 2.75) is 33.9 Å². The predicted molar refractivity (Wildman–Crippen MR) is 124 cm³/mol. The van der Waals surface area contributed by atoms with E-state index in [1.165, 1.54) is 5.69 Å². The van der Waals surface area contributed by atoms with Gasteiger partial charge < -0.3 is 14.8 Å². The third-order valence-electron chi connectivity index (χ3n) is 5.70. The van der Waals surface area contributed by atoms with Crippen molar-refractivity contribution in [3.05, 3.63) is 76.2 Å². The molecular formula is C24H27N5O2. The molecular weight excluding hydrogens is 390 g/mol. The number of carbonyl (C=O) groups is 1. The molecule has 160 valence electrons. The van der Waals surface area contributed by atoms with E-state index in [1.54, 1.807) is 33.5 Å². The van der Waals surface area contributed by atoms with Gasteiger partial charge in [-0.25, -0.2) is 4.52 Å². The molecule has 0 radical (unpaired) electrons. The molecule has 0 atom stereocenters. The van der Waals surface area contributed by atoms with E-state index in [0.29, 0.717) is 29.7 Å². The van der Waals surface area contributed by atoms with Gasteiger partial charge in [0.15, 0.2) is 0 Å². The van der Waals surface area contributed by atoms with Gasteiger partial charge in [-0.15, -0.1) is 0 Å². The Morgan fingerprint density at radius 3 is 2.39 bits per heavy atom. The molecule has 2 heterocycles. The molecule has 2 aromatic carbocycles. The molecule has 2 aromatic heterocycles. The summed E-state index contributed by atoms with van der Waals surface area (Å²) in [4.78, 5) is 27.8. The Hall–Kier alpha value is -3.61. The van der Waals surface area contributed by atoms with Gasteiger partial charge in [-0.3, -0.25) is 9.59 Å². The van der Waals surface area contributed by atoms with E-state index in [0.717, 1.165) is 24.2 Å². The number of hydrogen-bond donors (Lipinski definition) is 1. The molecule has 0 spiro atoms. The molecule has 4 rings (SSSR count). The third-order valence-corrected chi connectivity index (χ3v) is 5.70. The summed E-state index contributed by atoms with van der Waals surface area (Å²) in [6.07, 6.45) is 1.61. The number of aryl methyl sites for hydroxylation is 1. The number of hydrogen-bond acceptors (Lipinski definition) is 4. The highest BCUT2D eigenvalue weighted by Crippen LogP contribution is 2.17. The fourth-order valence-corrected chi connectivity index (χ4v) is 3.98. The van der Waals surface area contributed by atoms with Crippen LogP contribution in [0.3, 0.4) is 0 Å². The first-order valence-corrected chi connectivity index (χ1v) is 10.7. The second-order valence-corrected chi connectivity index (χ2v) is 7.40. The molecule has 7 heteroatoms. The standard InChI is InChI=1S/C24H27N5O2/c1-4-27(5-2)19-10-7-17(8-11-19)16-25-23(30)18-9-12-20-22(15-18)28(6-3)24(31)21-13-14-26-29(20)21/h7-15H,4-6,16H2,1-3H3,(H,25,30). The van der Waals surface area contributed by atoms with Crippen LogP contribution in [-0.2, 0) is 13.1 Å². The van der Waals surface area contributed by atoms with E-state index in [9.17, 15) is 9.59 Å². The summed E-state index contributed by atoms with van der Waals surface area (Å²) in [5.41, 5.74) is 4.63. The monoisotopic (exact) mass is 417 g/mol. The van der Waals surface area contributed by atoms with E-state index in [2.05, 4.69) is 41.3 Å². The third kappa shape index (κ3) is 3.79. The normalized spacial score (nSPS) is 11.2. The van der Waals surface area contributed by atoms with Crippen molar-refractivity contribution in [1.82, 2.24) is 19.5 Å². The van der Waals surface area contributed by atoms with Gasteiger partial charge in [0.1, 0.15) is 5.52 Å². The summed E-state index contributed by atoms with van der Waals surface area (Å²) < 4.78 is 3.30. The molecule has 0 saturated carbocycles. The Morgan fingerprint density at radius 1 is 0.968 bits per heavy atom. The molecule has 0 fully saturated rings. The molecule has 31 heavy (non-hydrogen) atoms. The van der Waals surface area contributed by atoms with Crippen LogP contribution in [0.1, 0.15) is 36.7 Å². The maximum absolute atomic E-state index is 12.8. The van der Waals surface area contributed by atoms with Gasteiger partial charge in [-0.1, -0.05) is 12.1 Å². The number of nitrogens with one attached hydrogen (secondary N) is 1. The molecule has 0 aliphatic rings. The second kappa shape index (κ2) is 8.63. The van der Waals surface area contributed by atoms with Crippen molar-refractivity contribution in [2.24, 2.45) is 0 Å². The quantitative estimate of drug-likeness (QED) is 0.500. The van der Waals surface area contributed by atoms with E-state index < -0.39 is 0 Å². The Labute approximate surface area is 180 Å². The molecule has 0 unspecified atom stereocenters. The average molecular weight is 418 g/mol. The Kier molecular flexibility index (Phi) is 5.75. The maximum Gasteiger partial charge on any atom is 0.277 e. The van der Waals surface area contributed by atoms with Crippen LogP contribution >= 0.6 is 0 Å². The average Bonchev–Trinajstić information content (AvgIpc) is 3.30. The lowest BCUT2D eigenvalue weighted by molar-refractivity contribution is 0.0951. The highest BCUT2D eigenvalue weighted by molar-refractivity contribution is 5.97. The highest BCUT2D eigenvalue weighted by Gasteiger charge is 2.13. The van der Waals surface area contributed by atoms with Crippen LogP contribution < -0.4 is 15.8 Å². The van der Waals surface area contributed by atoms with Crippen molar-refractivity contribution < 1.29 is 4.79 Å². The van der Waals surface area contributed by atoms with E-state index in [1.807, 2.05) is 25.1 Å². The summed E-state index contributed by atoms with van der Waals surface area (Å²) in [6.45, 7) is 9.06. The summed E-state index contributed by atoms with van der Waals surface area (Å²) in [5.74, 6) is -0.176. The van der Waals surface area contributed by atoms with Crippen LogP contribution in [-0.4, -0.2) is 33.2 Å². The summed E-state index contributed by atoms with van der Waals surface area (Å²) in [6, 6.07) is 15.3. The number of rotatable bonds is 7. The van der Waals surface area contributed by atoms with Gasteiger partial charge in [0.2, 0.25) is 0 Å². The lowest BCUT2D eigenvalue weighted by atomic mass is 10.1. The zero-order valence-corrected chi connectivity index (χ0v) is 18.1. The van der Waals surface area contributed by atoms with E-state index in [4.69, 9.17) is 0 Å². The largest absolute Gasteiger partial charge is 0.372 e. The zero-order valence-electron chi connectivity index (χ0n) is 18.1. The molecule has 0 aliphatic carbocycles. The van der Waals surface area contributed by atoms with E-state index >= 15 is 0 Å². The summed E-state index contributed by atoms with van der Waals surface area (Å²) in [7, 11) is 0. The van der Waals surface area contributed by atoms with Crippen LogP contribution in [0.4, 0.5) is 5.69 Å². The smallest absolute Gasteiger partial charge is 0.277 e. The molecule has 1 amide bonds. The van der Waals surface area contributed by atoms with Crippen molar-refractivity contribution >= 4 is 28.1 Å². The highest BCUT2D eigenvalue weighted by atomic mass is 16.1. The number of anilines is 1. The number of amides is 1. The fourth-order valence-electron chi connectivity index (χ4n) is 3.98. The zero-order chi connectivity index (χ0) is 22.0. The van der Waals surface area contributed by atoms with Crippen LogP contribution in [0, 0.1) is 0 Å². The predicted octanol–water partition coefficient (Wildman–Crippen LogP) is 3.45. The van der Waals surface area contributed by atoms with Crippen molar-refractivity contribution in [2.75, 3.05) is 18.0 Å². The summed E-state index contributed by atoms with van der Waals surface area (Å²) in [5, 5.41) is 7.24. The molecule has 1 N–H and O–H groups in total. The van der Waals surface area contributed by atoms with Gasteiger partial charge in [0.05, 0.1) is 17.2 Å². The van der Waals surface area contributed by atoms with Crippen LogP contribution in [0.5, 0.6) is 0 Å². The lowest BCUT2D eigenvalue weighted by Gasteiger charge is -2.21. The number of carbonyl (C=O) groups excluding carboxylic acids is 1. The maximum atomic E-state index is 12.8. The lowest BCUT2D eigenvalue weighted by Crippen LogP contribution is -2.25. The van der Waals surface area contributed by atoms with Crippen molar-refractivity contribution in [1.29, 1.82) is 0 Å². The van der Waals surface area contributed by atoms with Gasteiger partial charge in [0, 0.05) is 37.4 Å². The number of nitrogens with zero attached hydrogens (tertiary/aromatic N) is 4. The molecule has 0 bridgehead atoms. The number of benzene rings is 2. The Balaban J connectivity index is 1.57. The Morgan fingerprint density at radius 2 is 1.71 bits per heavy atom. The van der Waals surface area contributed by atoms with Crippen molar-refractivity contribution in [3.8, 4) is 0 Å².